The van der Waals surface area contributed by atoms with Crippen molar-refractivity contribution in [1.29, 1.82) is 10.5 Å². The molecule has 0 amide bonds. The van der Waals surface area contributed by atoms with E-state index in [1.165, 1.54) is 24.3 Å². The summed E-state index contributed by atoms with van der Waals surface area (Å²) in [5, 5.41) is 17.5. The van der Waals surface area contributed by atoms with Crippen molar-refractivity contribution in [3.05, 3.63) is 58.4 Å². The van der Waals surface area contributed by atoms with Gasteiger partial charge in [0.1, 0.15) is 35.6 Å². The summed E-state index contributed by atoms with van der Waals surface area (Å²) in [5.74, 6) is -5.71. The molecule has 0 aliphatic carbocycles. The first-order valence-corrected chi connectivity index (χ1v) is 7.29. The lowest BCUT2D eigenvalue weighted by atomic mass is 10.1. The van der Waals surface area contributed by atoms with Crippen LogP contribution in [0.15, 0.2) is 24.3 Å². The summed E-state index contributed by atoms with van der Waals surface area (Å²) in [6.45, 7) is 2.44. The number of benzene rings is 2. The lowest BCUT2D eigenvalue weighted by Gasteiger charge is -2.10. The first-order valence-electron chi connectivity index (χ1n) is 7.29. The van der Waals surface area contributed by atoms with Crippen LogP contribution in [-0.2, 0) is 9.53 Å². The highest BCUT2D eigenvalue weighted by Crippen LogP contribution is 2.33. The summed E-state index contributed by atoms with van der Waals surface area (Å²) in [7, 11) is 0. The summed E-state index contributed by atoms with van der Waals surface area (Å²) in [6, 6.07) is 8.75. The Hall–Kier alpha value is -3.52. The molecule has 8 heteroatoms. The molecule has 1 aliphatic rings. The Balaban J connectivity index is 0.000000417. The molecule has 0 unspecified atom stereocenters. The molecule has 132 valence electrons. The number of hydrogen-bond acceptors (Lipinski definition) is 5. The highest BCUT2D eigenvalue weighted by Gasteiger charge is 2.26. The predicted molar refractivity (Wildman–Crippen MR) is 82.6 cm³/mol. The minimum atomic E-state index is -1.65. The van der Waals surface area contributed by atoms with Crippen molar-refractivity contribution >= 4 is 5.97 Å². The average molecular weight is 360 g/mol. The van der Waals surface area contributed by atoms with Crippen molar-refractivity contribution in [2.75, 3.05) is 6.61 Å². The Morgan fingerprint density at radius 2 is 1.50 bits per heavy atom. The molecule has 0 bridgehead atoms. The molecular formula is C18H11F3N2O3. The zero-order valence-electron chi connectivity index (χ0n) is 13.5. The van der Waals surface area contributed by atoms with Crippen LogP contribution in [0, 0.1) is 47.0 Å². The number of rotatable bonds is 2. The molecule has 2 aromatic carbocycles. The number of hydrogen-bond donors (Lipinski definition) is 0. The van der Waals surface area contributed by atoms with Gasteiger partial charge in [-0.25, -0.2) is 8.78 Å². The van der Waals surface area contributed by atoms with Crippen molar-refractivity contribution in [3.63, 3.8) is 0 Å². The van der Waals surface area contributed by atoms with Crippen molar-refractivity contribution < 1.29 is 27.4 Å². The number of halogens is 3. The molecule has 1 heterocycles. The van der Waals surface area contributed by atoms with E-state index >= 15 is 0 Å². The highest BCUT2D eigenvalue weighted by atomic mass is 19.2. The fourth-order valence-corrected chi connectivity index (χ4v) is 1.85. The Bertz CT molecular complexity index is 923. The van der Waals surface area contributed by atoms with Gasteiger partial charge in [-0.15, -0.1) is 0 Å². The van der Waals surface area contributed by atoms with E-state index in [0.717, 1.165) is 5.56 Å². The van der Waals surface area contributed by atoms with Crippen molar-refractivity contribution in [1.82, 2.24) is 0 Å². The summed E-state index contributed by atoms with van der Waals surface area (Å²) in [6.07, 6.45) is 0.625. The monoisotopic (exact) mass is 360 g/mol. The molecule has 1 fully saturated rings. The fraction of sp³-hybridized carbons (Fsp3) is 0.167. The van der Waals surface area contributed by atoms with E-state index in [9.17, 15) is 18.0 Å². The predicted octanol–water partition coefficient (Wildman–Crippen LogP) is 3.88. The molecule has 26 heavy (non-hydrogen) atoms. The SMILES string of the molecule is Cc1ccc(Oc2c(F)c(F)c(C#N)c(C#N)c2F)cc1.O=C1CCO1. The Morgan fingerprint density at radius 3 is 1.92 bits per heavy atom. The highest BCUT2D eigenvalue weighted by molar-refractivity contribution is 5.73. The van der Waals surface area contributed by atoms with Gasteiger partial charge in [-0.3, -0.25) is 4.79 Å². The molecule has 0 spiro atoms. The second-order valence-electron chi connectivity index (χ2n) is 5.13. The van der Waals surface area contributed by atoms with Gasteiger partial charge in [0.25, 0.3) is 0 Å². The molecule has 2 aromatic rings. The third-order valence-corrected chi connectivity index (χ3v) is 3.31. The van der Waals surface area contributed by atoms with Crippen molar-refractivity contribution in [2.45, 2.75) is 13.3 Å². The van der Waals surface area contributed by atoms with E-state index in [2.05, 4.69) is 4.74 Å². The molecule has 0 radical (unpaired) electrons. The molecule has 0 N–H and O–H groups in total. The first kappa shape index (κ1) is 18.8. The second kappa shape index (κ2) is 8.04. The summed E-state index contributed by atoms with van der Waals surface area (Å²) >= 11 is 0. The zero-order chi connectivity index (χ0) is 19.3. The van der Waals surface area contributed by atoms with Gasteiger partial charge < -0.3 is 9.47 Å². The van der Waals surface area contributed by atoms with E-state index in [-0.39, 0.29) is 11.7 Å². The minimum absolute atomic E-state index is 0.0648. The van der Waals surface area contributed by atoms with Gasteiger partial charge in [0.2, 0.25) is 11.6 Å². The minimum Gasteiger partial charge on any atom is -0.465 e. The van der Waals surface area contributed by atoms with E-state index < -0.39 is 34.3 Å². The Kier molecular flexibility index (Phi) is 5.82. The average Bonchev–Trinajstić information content (AvgIpc) is 2.62. The number of nitrogens with zero attached hydrogens (tertiary/aromatic N) is 2. The summed E-state index contributed by atoms with van der Waals surface area (Å²) in [4.78, 5) is 9.68. The van der Waals surface area contributed by atoms with Gasteiger partial charge in [-0.1, -0.05) is 17.7 Å². The maximum absolute atomic E-state index is 14.0. The van der Waals surface area contributed by atoms with Gasteiger partial charge in [-0.05, 0) is 19.1 Å². The number of aryl methyl sites for hydroxylation is 1. The molecule has 1 aliphatic heterocycles. The largest absolute Gasteiger partial charge is 0.465 e. The van der Waals surface area contributed by atoms with Gasteiger partial charge in [-0.2, -0.15) is 14.9 Å². The van der Waals surface area contributed by atoms with E-state index in [1.807, 2.05) is 0 Å². The number of carbonyl (C=O) groups is 1. The number of ether oxygens (including phenoxy) is 2. The molecule has 0 saturated carbocycles. The normalized spacial score (nSPS) is 11.8. The lowest BCUT2D eigenvalue weighted by Crippen LogP contribution is -2.18. The molecule has 1 saturated heterocycles. The van der Waals surface area contributed by atoms with Crippen LogP contribution in [0.25, 0.3) is 0 Å². The van der Waals surface area contributed by atoms with Crippen LogP contribution in [0.4, 0.5) is 13.2 Å². The standard InChI is InChI=1S/C15H7F3N2O.C3H4O2/c1-8-2-4-9(5-3-8)21-15-13(17)11(7-20)10(6-19)12(16)14(15)18;4-3-1-2-5-3/h2-5H,1H3;1-2H2. The van der Waals surface area contributed by atoms with Gasteiger partial charge in [0.05, 0.1) is 6.42 Å². The molecule has 0 aromatic heterocycles. The van der Waals surface area contributed by atoms with Crippen LogP contribution in [0.3, 0.4) is 0 Å². The number of cyclic esters (lactones) is 1. The van der Waals surface area contributed by atoms with Crippen LogP contribution in [0.1, 0.15) is 23.1 Å². The lowest BCUT2D eigenvalue weighted by molar-refractivity contribution is -0.157. The molecule has 3 rings (SSSR count). The number of esters is 1. The number of carbonyl (C=O) groups excluding carboxylic acids is 1. The van der Waals surface area contributed by atoms with Gasteiger partial charge in [0, 0.05) is 0 Å². The maximum Gasteiger partial charge on any atom is 0.309 e. The molecule has 0 atom stereocenters. The van der Waals surface area contributed by atoms with Crippen molar-refractivity contribution in [2.24, 2.45) is 0 Å². The van der Waals surface area contributed by atoms with E-state index in [0.29, 0.717) is 13.0 Å². The van der Waals surface area contributed by atoms with E-state index in [1.54, 1.807) is 19.1 Å². The van der Waals surface area contributed by atoms with Crippen LogP contribution >= 0.6 is 0 Å². The fourth-order valence-electron chi connectivity index (χ4n) is 1.85. The first-order chi connectivity index (χ1) is 12.4. The van der Waals surface area contributed by atoms with Crippen LogP contribution in [-0.4, -0.2) is 12.6 Å². The molecule has 5 nitrogen and oxygen atoms in total. The Morgan fingerprint density at radius 1 is 1.00 bits per heavy atom. The van der Waals surface area contributed by atoms with Crippen LogP contribution in [0.2, 0.25) is 0 Å². The second-order valence-corrected chi connectivity index (χ2v) is 5.13. The number of nitriles is 2. The Labute approximate surface area is 146 Å². The van der Waals surface area contributed by atoms with Gasteiger partial charge in [0.15, 0.2) is 11.6 Å². The topological polar surface area (TPSA) is 83.1 Å². The summed E-state index contributed by atoms with van der Waals surface area (Å²) < 4.78 is 50.7. The van der Waals surface area contributed by atoms with Gasteiger partial charge >= 0.3 is 5.97 Å². The van der Waals surface area contributed by atoms with E-state index in [4.69, 9.17) is 15.3 Å². The van der Waals surface area contributed by atoms with Crippen LogP contribution in [0.5, 0.6) is 11.5 Å². The zero-order valence-corrected chi connectivity index (χ0v) is 13.5. The van der Waals surface area contributed by atoms with Crippen molar-refractivity contribution in [3.8, 4) is 23.6 Å². The quantitative estimate of drug-likeness (QED) is 0.599. The third kappa shape index (κ3) is 3.93. The third-order valence-electron chi connectivity index (χ3n) is 3.31. The molecular weight excluding hydrogens is 349 g/mol. The summed E-state index contributed by atoms with van der Waals surface area (Å²) in [5.41, 5.74) is -0.978. The smallest absolute Gasteiger partial charge is 0.309 e. The van der Waals surface area contributed by atoms with Crippen LogP contribution < -0.4 is 4.74 Å². The maximum atomic E-state index is 14.0.